The third kappa shape index (κ3) is 2.61. The van der Waals surface area contributed by atoms with Crippen LogP contribution >= 0.6 is 0 Å². The average Bonchev–Trinajstić information content (AvgIpc) is 2.48. The lowest BCUT2D eigenvalue weighted by Crippen LogP contribution is -2.53. The van der Waals surface area contributed by atoms with Crippen LogP contribution in [-0.4, -0.2) is 11.8 Å². The molecule has 1 spiro atoms. The monoisotopic (exact) mass is 285 g/mol. The van der Waals surface area contributed by atoms with Crippen LogP contribution in [0.2, 0.25) is 0 Å². The zero-order chi connectivity index (χ0) is 14.9. The summed E-state index contributed by atoms with van der Waals surface area (Å²) in [6.45, 7) is 2.06. The predicted octanol–water partition coefficient (Wildman–Crippen LogP) is 3.40. The number of carbonyl (C=O) groups is 2. The fraction of sp³-hybridized carbons (Fsp3) is 0.556. The molecule has 0 bridgehead atoms. The summed E-state index contributed by atoms with van der Waals surface area (Å²) in [4.78, 5) is 24.0. The summed E-state index contributed by atoms with van der Waals surface area (Å²) in [6.07, 6.45) is 5.50. The number of rotatable bonds is 2. The van der Waals surface area contributed by atoms with Crippen molar-refractivity contribution >= 4 is 11.8 Å². The Morgan fingerprint density at radius 2 is 1.81 bits per heavy atom. The quantitative estimate of drug-likeness (QED) is 0.846. The molecule has 21 heavy (non-hydrogen) atoms. The lowest BCUT2D eigenvalue weighted by atomic mass is 9.59. The van der Waals surface area contributed by atoms with E-state index in [2.05, 4.69) is 36.5 Å². The molecule has 1 saturated carbocycles. The summed E-state index contributed by atoms with van der Waals surface area (Å²) in [5.74, 6) is 0.455. The van der Waals surface area contributed by atoms with Crippen LogP contribution in [0.5, 0.6) is 0 Å². The van der Waals surface area contributed by atoms with Crippen molar-refractivity contribution in [1.29, 1.82) is 0 Å². The van der Waals surface area contributed by atoms with Crippen molar-refractivity contribution in [3.8, 4) is 0 Å². The molecule has 0 radical (unpaired) electrons. The summed E-state index contributed by atoms with van der Waals surface area (Å²) in [5.41, 5.74) is 1.31. The topological polar surface area (TPSA) is 46.2 Å². The van der Waals surface area contributed by atoms with E-state index >= 15 is 0 Å². The van der Waals surface area contributed by atoms with Gasteiger partial charge in [-0.1, -0.05) is 37.3 Å². The fourth-order valence-electron chi connectivity index (χ4n) is 4.38. The molecular weight excluding hydrogens is 262 g/mol. The largest absolute Gasteiger partial charge is 0.296 e. The Balaban J connectivity index is 1.76. The van der Waals surface area contributed by atoms with E-state index in [0.717, 1.165) is 32.1 Å². The van der Waals surface area contributed by atoms with Gasteiger partial charge in [0.05, 0.1) is 0 Å². The molecule has 1 atom stereocenters. The summed E-state index contributed by atoms with van der Waals surface area (Å²) >= 11 is 0. The maximum Gasteiger partial charge on any atom is 0.230 e. The molecule has 2 aliphatic rings. The van der Waals surface area contributed by atoms with Gasteiger partial charge in [0.15, 0.2) is 0 Å². The summed E-state index contributed by atoms with van der Waals surface area (Å²) in [5, 5.41) is 2.52. The van der Waals surface area contributed by atoms with Crippen molar-refractivity contribution in [3.05, 3.63) is 35.9 Å². The number of piperidine rings is 1. The molecule has 1 N–H and O–H groups in total. The normalized spacial score (nSPS) is 33.0. The minimum absolute atomic E-state index is 0.00641. The van der Waals surface area contributed by atoms with Crippen molar-refractivity contribution in [2.24, 2.45) is 11.3 Å². The Morgan fingerprint density at radius 3 is 2.43 bits per heavy atom. The van der Waals surface area contributed by atoms with Crippen molar-refractivity contribution in [2.45, 2.75) is 51.4 Å². The molecule has 1 unspecified atom stereocenters. The highest BCUT2D eigenvalue weighted by Gasteiger charge is 2.48. The third-order valence-electron chi connectivity index (χ3n) is 5.49. The maximum absolute atomic E-state index is 12.1. The van der Waals surface area contributed by atoms with Crippen LogP contribution < -0.4 is 5.32 Å². The van der Waals surface area contributed by atoms with Gasteiger partial charge in [0.1, 0.15) is 0 Å². The summed E-state index contributed by atoms with van der Waals surface area (Å²) in [6, 6.07) is 10.6. The molecule has 1 aliphatic carbocycles. The second kappa shape index (κ2) is 5.63. The van der Waals surface area contributed by atoms with E-state index in [1.165, 1.54) is 5.56 Å². The van der Waals surface area contributed by atoms with Gasteiger partial charge in [0.25, 0.3) is 0 Å². The molecule has 112 valence electrons. The average molecular weight is 285 g/mol. The first-order chi connectivity index (χ1) is 10.1. The Kier molecular flexibility index (Phi) is 3.83. The summed E-state index contributed by atoms with van der Waals surface area (Å²) in [7, 11) is 0. The molecule has 1 saturated heterocycles. The second-order valence-electron chi connectivity index (χ2n) is 6.60. The Labute approximate surface area is 126 Å². The van der Waals surface area contributed by atoms with Crippen molar-refractivity contribution in [2.75, 3.05) is 0 Å². The number of carbonyl (C=O) groups excluding carboxylic acids is 2. The van der Waals surface area contributed by atoms with Gasteiger partial charge < -0.3 is 0 Å². The van der Waals surface area contributed by atoms with Crippen LogP contribution in [-0.2, 0) is 9.59 Å². The van der Waals surface area contributed by atoms with E-state index in [1.807, 2.05) is 6.07 Å². The van der Waals surface area contributed by atoms with E-state index in [9.17, 15) is 9.59 Å². The predicted molar refractivity (Wildman–Crippen MR) is 81.6 cm³/mol. The van der Waals surface area contributed by atoms with Crippen molar-refractivity contribution in [3.63, 3.8) is 0 Å². The van der Waals surface area contributed by atoms with Crippen molar-refractivity contribution in [1.82, 2.24) is 5.32 Å². The number of benzene rings is 1. The van der Waals surface area contributed by atoms with Crippen LogP contribution in [0.4, 0.5) is 0 Å². The van der Waals surface area contributed by atoms with Gasteiger partial charge in [0, 0.05) is 12.3 Å². The second-order valence-corrected chi connectivity index (χ2v) is 6.60. The minimum Gasteiger partial charge on any atom is -0.296 e. The van der Waals surface area contributed by atoms with Crippen LogP contribution in [0.3, 0.4) is 0 Å². The highest BCUT2D eigenvalue weighted by Crippen LogP contribution is 2.51. The molecule has 1 aromatic carbocycles. The van der Waals surface area contributed by atoms with Gasteiger partial charge in [-0.15, -0.1) is 0 Å². The number of nitrogens with one attached hydrogen (secondary N) is 1. The molecule has 2 fully saturated rings. The standard InChI is InChI=1S/C18H23NO2/c1-2-15-17(21)19-16(20)12-18(15)10-8-14(9-11-18)13-6-4-3-5-7-13/h3-7,14-15H,2,8-12H2,1H3,(H,19,20,21). The lowest BCUT2D eigenvalue weighted by molar-refractivity contribution is -0.145. The molecule has 3 nitrogen and oxygen atoms in total. The summed E-state index contributed by atoms with van der Waals surface area (Å²) < 4.78 is 0. The smallest absolute Gasteiger partial charge is 0.230 e. The van der Waals surface area contributed by atoms with E-state index in [0.29, 0.717) is 12.3 Å². The van der Waals surface area contributed by atoms with Gasteiger partial charge >= 0.3 is 0 Å². The molecule has 1 aliphatic heterocycles. The van der Waals surface area contributed by atoms with Crippen LogP contribution in [0, 0.1) is 11.3 Å². The van der Waals surface area contributed by atoms with Gasteiger partial charge in [-0.25, -0.2) is 0 Å². The van der Waals surface area contributed by atoms with Gasteiger partial charge in [0.2, 0.25) is 11.8 Å². The van der Waals surface area contributed by atoms with E-state index in [1.54, 1.807) is 0 Å². The maximum atomic E-state index is 12.1. The zero-order valence-electron chi connectivity index (χ0n) is 12.6. The molecule has 3 heteroatoms. The SMILES string of the molecule is CCC1C(=O)NC(=O)CC12CCC(c1ccccc1)CC2. The Morgan fingerprint density at radius 1 is 1.14 bits per heavy atom. The molecule has 1 heterocycles. The first-order valence-corrected chi connectivity index (χ1v) is 8.03. The van der Waals surface area contributed by atoms with Gasteiger partial charge in [-0.05, 0) is 49.0 Å². The first kappa shape index (κ1) is 14.3. The molecular formula is C18H23NO2. The van der Waals surface area contributed by atoms with Crippen molar-refractivity contribution < 1.29 is 9.59 Å². The number of hydrogen-bond donors (Lipinski definition) is 1. The number of amides is 2. The Hall–Kier alpha value is -1.64. The van der Waals surface area contributed by atoms with Gasteiger partial charge in [-0.2, -0.15) is 0 Å². The highest BCUT2D eigenvalue weighted by molar-refractivity contribution is 5.99. The van der Waals surface area contributed by atoms with Gasteiger partial charge in [-0.3, -0.25) is 14.9 Å². The zero-order valence-corrected chi connectivity index (χ0v) is 12.6. The van der Waals surface area contributed by atoms with E-state index in [-0.39, 0.29) is 23.1 Å². The van der Waals surface area contributed by atoms with Crippen LogP contribution in [0.1, 0.15) is 56.9 Å². The third-order valence-corrected chi connectivity index (χ3v) is 5.49. The number of hydrogen-bond acceptors (Lipinski definition) is 2. The first-order valence-electron chi connectivity index (χ1n) is 8.03. The molecule has 2 amide bonds. The van der Waals surface area contributed by atoms with Crippen LogP contribution in [0.25, 0.3) is 0 Å². The lowest BCUT2D eigenvalue weighted by Gasteiger charge is -2.46. The molecule has 0 aromatic heterocycles. The van der Waals surface area contributed by atoms with E-state index < -0.39 is 0 Å². The number of imide groups is 1. The minimum atomic E-state index is -0.0839. The van der Waals surface area contributed by atoms with Crippen LogP contribution in [0.15, 0.2) is 30.3 Å². The van der Waals surface area contributed by atoms with E-state index in [4.69, 9.17) is 0 Å². The fourth-order valence-corrected chi connectivity index (χ4v) is 4.38. The molecule has 3 rings (SSSR count). The molecule has 1 aromatic rings. The highest BCUT2D eigenvalue weighted by atomic mass is 16.2. The Bertz CT molecular complexity index is 529.